The summed E-state index contributed by atoms with van der Waals surface area (Å²) in [5.74, 6) is -0.921. The Labute approximate surface area is 336 Å². The number of hydrogen-bond donors (Lipinski definition) is 2. The van der Waals surface area contributed by atoms with Crippen LogP contribution in [0.1, 0.15) is 54.0 Å². The molecule has 10 atom stereocenters. The van der Waals surface area contributed by atoms with E-state index < -0.39 is 92.4 Å². The molecule has 0 aromatic carbocycles. The minimum atomic E-state index is -4.59. The third kappa shape index (κ3) is 7.80. The number of ketones is 1. The summed E-state index contributed by atoms with van der Waals surface area (Å²) in [4.78, 5) is 54.3. The van der Waals surface area contributed by atoms with E-state index in [-0.39, 0.29) is 51.4 Å². The number of rotatable bonds is 4. The molecular formula is C32H40F2N10O10P2S2. The summed E-state index contributed by atoms with van der Waals surface area (Å²) in [6.07, 6.45) is -10.2. The van der Waals surface area contributed by atoms with E-state index in [0.717, 1.165) is 12.7 Å². The largest absolute Gasteiger partial charge is 0.390 e. The molecule has 0 saturated carbocycles. The molecule has 4 aromatic rings. The van der Waals surface area contributed by atoms with Crippen LogP contribution >= 0.6 is 36.4 Å². The maximum Gasteiger partial charge on any atom is 0.390 e. The van der Waals surface area contributed by atoms with Crippen LogP contribution in [-0.4, -0.2) is 112 Å². The van der Waals surface area contributed by atoms with Gasteiger partial charge in [0.2, 0.25) is 5.95 Å². The Morgan fingerprint density at radius 2 is 1.55 bits per heavy atom. The number of Topliss-reactive ketones (excluding diaryl/α,β-unsaturated/α-hetero) is 1. The number of ether oxygens (including phenoxy) is 2. The number of aromatic nitrogens is 8. The summed E-state index contributed by atoms with van der Waals surface area (Å²) >= 11 is 1.18. The number of alkyl halides is 2. The standard InChI is InChI=1S/C32H40F2N10O10P2S2/c1-31(2,3)16-9-57-55(47)49-7-14-22(18(33)28(51-14)43-12-38-20-24(35)36-11-37-25(20)43)54-56(48,58-10-17(45)32(4,5)6)50-8-15-23(53-55)19(34)29(52-15)44-13-39-21-26(44)41-30(40-16)42-27(21)46/h11-15,18-19,22-23,28-29H,7-10H2,1-6H3,(H2,35,36,37)(H,41,42,46)/b40-16+/t14-,15-,18-,19-,22-,23-,28-,29-,55?,56?/m1/s1. The first-order chi connectivity index (χ1) is 27.2. The lowest BCUT2D eigenvalue weighted by atomic mass is 9.91. The first-order valence-corrected chi connectivity index (χ1v) is 24.3. The van der Waals surface area contributed by atoms with E-state index in [4.69, 9.17) is 33.3 Å². The summed E-state index contributed by atoms with van der Waals surface area (Å²) in [5.41, 5.74) is 4.27. The Balaban J connectivity index is 1.22. The number of nitrogens with two attached hydrogens (primary N) is 1. The molecule has 0 spiro atoms. The van der Waals surface area contributed by atoms with E-state index in [9.17, 15) is 18.7 Å². The lowest BCUT2D eigenvalue weighted by Gasteiger charge is -2.31. The number of hydrogen-bond acceptors (Lipinski definition) is 19. The first kappa shape index (κ1) is 41.5. The molecular weight excluding hydrogens is 848 g/mol. The van der Waals surface area contributed by atoms with Crippen molar-refractivity contribution >= 4 is 81.9 Å². The Bertz CT molecular complexity index is 2460. The molecule has 0 amide bonds. The zero-order valence-corrected chi connectivity index (χ0v) is 35.3. The second kappa shape index (κ2) is 15.1. The summed E-state index contributed by atoms with van der Waals surface area (Å²) in [7, 11) is 0. The predicted octanol–water partition coefficient (Wildman–Crippen LogP) is 5.26. The Morgan fingerprint density at radius 1 is 0.931 bits per heavy atom. The fourth-order valence-corrected chi connectivity index (χ4v) is 13.5. The van der Waals surface area contributed by atoms with Crippen LogP contribution in [0.4, 0.5) is 20.5 Å². The van der Waals surface area contributed by atoms with Crippen molar-refractivity contribution in [1.82, 2.24) is 39.0 Å². The van der Waals surface area contributed by atoms with Gasteiger partial charge in [-0.1, -0.05) is 41.5 Å². The van der Waals surface area contributed by atoms with Crippen LogP contribution in [0.5, 0.6) is 0 Å². The summed E-state index contributed by atoms with van der Waals surface area (Å²) in [6.45, 7) is -0.00342. The van der Waals surface area contributed by atoms with Gasteiger partial charge in [-0.05, 0) is 22.8 Å². The molecule has 0 aliphatic carbocycles. The normalized spacial score (nSPS) is 34.4. The third-order valence-electron chi connectivity index (χ3n) is 9.84. The van der Waals surface area contributed by atoms with E-state index >= 15 is 8.78 Å². The van der Waals surface area contributed by atoms with Crippen LogP contribution in [0.25, 0.3) is 22.3 Å². The van der Waals surface area contributed by atoms with Gasteiger partial charge in [0.1, 0.15) is 42.0 Å². The quantitative estimate of drug-likeness (QED) is 0.248. The van der Waals surface area contributed by atoms with E-state index in [0.29, 0.717) is 28.5 Å². The van der Waals surface area contributed by atoms with Crippen molar-refractivity contribution in [2.24, 2.45) is 15.8 Å². The van der Waals surface area contributed by atoms with Crippen LogP contribution in [0.3, 0.4) is 0 Å². The lowest BCUT2D eigenvalue weighted by molar-refractivity contribution is -0.123. The van der Waals surface area contributed by atoms with Gasteiger partial charge in [0.05, 0.1) is 31.6 Å². The van der Waals surface area contributed by atoms with Gasteiger partial charge >= 0.3 is 13.6 Å². The monoisotopic (exact) mass is 888 g/mol. The van der Waals surface area contributed by atoms with Gasteiger partial charge < -0.3 is 15.2 Å². The van der Waals surface area contributed by atoms with Crippen molar-refractivity contribution in [3.05, 3.63) is 29.3 Å². The predicted molar refractivity (Wildman–Crippen MR) is 208 cm³/mol. The molecule has 58 heavy (non-hydrogen) atoms. The van der Waals surface area contributed by atoms with Crippen molar-refractivity contribution in [2.75, 3.05) is 30.5 Å². The summed E-state index contributed by atoms with van der Waals surface area (Å²) < 4.78 is 102. The second-order valence-corrected chi connectivity index (χ2v) is 24.0. The van der Waals surface area contributed by atoms with Gasteiger partial charge in [0, 0.05) is 22.3 Å². The van der Waals surface area contributed by atoms with Crippen LogP contribution in [-0.2, 0) is 41.5 Å². The fourth-order valence-electron chi connectivity index (χ4n) is 6.43. The maximum absolute atomic E-state index is 16.9. The molecule has 20 nitrogen and oxygen atoms in total. The molecule has 4 aliphatic heterocycles. The van der Waals surface area contributed by atoms with Crippen molar-refractivity contribution in [3.63, 3.8) is 0 Å². The molecule has 314 valence electrons. The number of aromatic amines is 1. The highest BCUT2D eigenvalue weighted by atomic mass is 32.7. The highest BCUT2D eigenvalue weighted by Crippen LogP contribution is 2.66. The number of H-pyrrole nitrogens is 1. The molecule has 0 radical (unpaired) electrons. The number of nitrogens with zero attached hydrogens (tertiary/aromatic N) is 8. The molecule has 3 fully saturated rings. The average Bonchev–Trinajstić information content (AvgIpc) is 3.91. The average molecular weight is 889 g/mol. The van der Waals surface area contributed by atoms with Gasteiger partial charge in [0.25, 0.3) is 5.56 Å². The van der Waals surface area contributed by atoms with E-state index in [1.807, 2.05) is 20.8 Å². The molecule has 8 heterocycles. The van der Waals surface area contributed by atoms with E-state index in [2.05, 4.69) is 34.9 Å². The number of halogens is 2. The topological polar surface area (TPSA) is 252 Å². The molecule has 3 saturated heterocycles. The van der Waals surface area contributed by atoms with Gasteiger partial charge in [-0.15, -0.1) is 0 Å². The Kier molecular flexibility index (Phi) is 10.8. The molecule has 8 rings (SSSR count). The SMILES string of the molecule is CC(C)(C)C(=O)CSP1(=O)OC[C@H]2O[C@@H]3[C@H](F)[C@@H]2OP(=O)(OC[C@H]2O[C@@H](n4cnc5c(N)ncnc54)[C@H](F)[C@@H]2O1)SC/C(C(C)(C)C)=N\c1nc2c(ncn23)c(=O)[nH]1. The third-order valence-corrected chi connectivity index (χ3v) is 17.0. The van der Waals surface area contributed by atoms with Gasteiger partial charge in [-0.2, -0.15) is 4.98 Å². The number of carbonyl (C=O) groups excluding carboxylic acids is 1. The first-order valence-electron chi connectivity index (χ1n) is 18.0. The number of anilines is 1. The van der Waals surface area contributed by atoms with Crippen LogP contribution < -0.4 is 11.3 Å². The number of fused-ring (bicyclic) bond motifs is 6. The Hall–Kier alpha value is -3.18. The van der Waals surface area contributed by atoms with Gasteiger partial charge in [0.15, 0.2) is 47.4 Å². The number of aliphatic imine (C=N–C) groups is 1. The van der Waals surface area contributed by atoms with Crippen LogP contribution in [0, 0.1) is 10.8 Å². The number of nitrogens with one attached hydrogen (secondary N) is 1. The van der Waals surface area contributed by atoms with Gasteiger partial charge in [-0.25, -0.2) is 42.8 Å². The van der Waals surface area contributed by atoms with Crippen molar-refractivity contribution < 1.29 is 50.3 Å². The van der Waals surface area contributed by atoms with Crippen molar-refractivity contribution in [2.45, 2.75) is 90.8 Å². The Morgan fingerprint density at radius 3 is 2.21 bits per heavy atom. The number of carbonyl (C=O) groups is 1. The van der Waals surface area contributed by atoms with Crippen molar-refractivity contribution in [1.29, 1.82) is 0 Å². The summed E-state index contributed by atoms with van der Waals surface area (Å²) in [5, 5.41) is 0. The minimum absolute atomic E-state index is 0.0259. The second-order valence-electron chi connectivity index (χ2n) is 16.0. The summed E-state index contributed by atoms with van der Waals surface area (Å²) in [6, 6.07) is 0. The molecule has 4 aromatic heterocycles. The lowest BCUT2D eigenvalue weighted by Crippen LogP contribution is -2.37. The zero-order valence-electron chi connectivity index (χ0n) is 31.9. The van der Waals surface area contributed by atoms with E-state index in [1.165, 1.54) is 15.5 Å². The minimum Gasteiger partial charge on any atom is -0.382 e. The molecule has 3 N–H and O–H groups in total. The van der Waals surface area contributed by atoms with E-state index in [1.54, 1.807) is 20.8 Å². The molecule has 4 aliphatic rings. The highest BCUT2D eigenvalue weighted by Gasteiger charge is 2.56. The molecule has 2 unspecified atom stereocenters. The van der Waals surface area contributed by atoms with Crippen molar-refractivity contribution in [3.8, 4) is 0 Å². The van der Waals surface area contributed by atoms with Gasteiger partial charge in [-0.3, -0.25) is 41.8 Å². The maximum atomic E-state index is 16.9. The highest BCUT2D eigenvalue weighted by molar-refractivity contribution is 8.55. The number of imidazole rings is 2. The number of nitrogen functional groups attached to an aromatic ring is 1. The van der Waals surface area contributed by atoms with Crippen LogP contribution in [0.15, 0.2) is 28.8 Å². The molecule has 5 bridgehead atoms. The fraction of sp³-hybridized carbons (Fsp3) is 0.625. The van der Waals surface area contributed by atoms with Crippen LogP contribution in [0.2, 0.25) is 0 Å². The zero-order chi connectivity index (χ0) is 41.5. The molecule has 26 heteroatoms. The smallest absolute Gasteiger partial charge is 0.382 e.